The standard InChI is InChI=1S/C10H13BrN2O3/c11-2-1-8(14)9(15)6-3-7(10(12)16)5-13-4-6/h3-5,8-9,14-15H,1-2H2,(H2,12,16). The molecular weight excluding hydrogens is 276 g/mol. The van der Waals surface area contributed by atoms with Crippen molar-refractivity contribution in [1.82, 2.24) is 4.98 Å². The fourth-order valence-electron chi connectivity index (χ4n) is 1.25. The molecule has 0 fully saturated rings. The summed E-state index contributed by atoms with van der Waals surface area (Å²) in [6, 6.07) is 1.43. The number of rotatable bonds is 5. The summed E-state index contributed by atoms with van der Waals surface area (Å²) in [5.41, 5.74) is 5.68. The quantitative estimate of drug-likeness (QED) is 0.682. The summed E-state index contributed by atoms with van der Waals surface area (Å²) in [5, 5.41) is 19.9. The number of hydrogen-bond acceptors (Lipinski definition) is 4. The first-order chi connectivity index (χ1) is 7.56. The lowest BCUT2D eigenvalue weighted by molar-refractivity contribution is 0.0171. The van der Waals surface area contributed by atoms with E-state index in [2.05, 4.69) is 20.9 Å². The van der Waals surface area contributed by atoms with E-state index >= 15 is 0 Å². The maximum Gasteiger partial charge on any atom is 0.250 e. The highest BCUT2D eigenvalue weighted by Gasteiger charge is 2.18. The molecule has 16 heavy (non-hydrogen) atoms. The molecule has 1 rings (SSSR count). The Hall–Kier alpha value is -0.980. The lowest BCUT2D eigenvalue weighted by Gasteiger charge is -2.17. The molecule has 1 amide bonds. The smallest absolute Gasteiger partial charge is 0.250 e. The van der Waals surface area contributed by atoms with Gasteiger partial charge in [-0.3, -0.25) is 9.78 Å². The Labute approximate surface area is 101 Å². The molecule has 1 aromatic rings. The molecule has 0 aromatic carbocycles. The molecule has 88 valence electrons. The maximum atomic E-state index is 10.9. The summed E-state index contributed by atoms with van der Waals surface area (Å²) in [5.74, 6) is -0.614. The molecule has 0 aliphatic carbocycles. The molecule has 0 spiro atoms. The number of amides is 1. The van der Waals surface area contributed by atoms with Crippen molar-refractivity contribution in [3.05, 3.63) is 29.6 Å². The molecule has 0 aliphatic heterocycles. The molecule has 0 radical (unpaired) electrons. The number of halogens is 1. The predicted molar refractivity (Wildman–Crippen MR) is 62.1 cm³/mol. The van der Waals surface area contributed by atoms with E-state index in [4.69, 9.17) is 5.73 Å². The van der Waals surface area contributed by atoms with Crippen LogP contribution in [0.4, 0.5) is 0 Å². The highest BCUT2D eigenvalue weighted by atomic mass is 79.9. The van der Waals surface area contributed by atoms with Crippen LogP contribution in [0.1, 0.15) is 28.4 Å². The summed E-state index contributed by atoms with van der Waals surface area (Å²) < 4.78 is 0. The summed E-state index contributed by atoms with van der Waals surface area (Å²) in [6.45, 7) is 0. The van der Waals surface area contributed by atoms with Crippen molar-refractivity contribution >= 4 is 21.8 Å². The van der Waals surface area contributed by atoms with Gasteiger partial charge >= 0.3 is 0 Å². The Kier molecular flexibility index (Phi) is 4.85. The average molecular weight is 289 g/mol. The highest BCUT2D eigenvalue weighted by Crippen LogP contribution is 2.19. The van der Waals surface area contributed by atoms with E-state index in [-0.39, 0.29) is 5.56 Å². The van der Waals surface area contributed by atoms with Crippen LogP contribution in [0.25, 0.3) is 0 Å². The average Bonchev–Trinajstić information content (AvgIpc) is 2.28. The van der Waals surface area contributed by atoms with Gasteiger partial charge in [0.2, 0.25) is 5.91 Å². The number of carbonyl (C=O) groups excluding carboxylic acids is 1. The van der Waals surface area contributed by atoms with Crippen LogP contribution in [0.2, 0.25) is 0 Å². The summed E-state index contributed by atoms with van der Waals surface area (Å²) in [7, 11) is 0. The molecule has 2 atom stereocenters. The minimum Gasteiger partial charge on any atom is -0.390 e. The summed E-state index contributed by atoms with van der Waals surface area (Å²) in [6.07, 6.45) is 1.15. The van der Waals surface area contributed by atoms with Gasteiger partial charge in [0.15, 0.2) is 0 Å². The molecule has 6 heteroatoms. The van der Waals surface area contributed by atoms with E-state index in [1.54, 1.807) is 0 Å². The number of aromatic nitrogens is 1. The molecule has 5 nitrogen and oxygen atoms in total. The zero-order chi connectivity index (χ0) is 12.1. The van der Waals surface area contributed by atoms with Crippen molar-refractivity contribution in [2.45, 2.75) is 18.6 Å². The van der Waals surface area contributed by atoms with Gasteiger partial charge in [-0.1, -0.05) is 15.9 Å². The van der Waals surface area contributed by atoms with Gasteiger partial charge in [-0.2, -0.15) is 0 Å². The number of aliphatic hydroxyl groups excluding tert-OH is 2. The molecule has 0 bridgehead atoms. The van der Waals surface area contributed by atoms with Crippen LogP contribution < -0.4 is 5.73 Å². The van der Waals surface area contributed by atoms with Crippen LogP contribution in [-0.2, 0) is 0 Å². The number of nitrogens with two attached hydrogens (primary N) is 1. The van der Waals surface area contributed by atoms with Crippen molar-refractivity contribution in [3.63, 3.8) is 0 Å². The van der Waals surface area contributed by atoms with Gasteiger partial charge in [0.05, 0.1) is 11.7 Å². The summed E-state index contributed by atoms with van der Waals surface area (Å²) >= 11 is 3.17. The number of carbonyl (C=O) groups is 1. The lowest BCUT2D eigenvalue weighted by atomic mass is 10.0. The number of primary amides is 1. The summed E-state index contributed by atoms with van der Waals surface area (Å²) in [4.78, 5) is 14.7. The van der Waals surface area contributed by atoms with Gasteiger partial charge in [0.1, 0.15) is 6.10 Å². The first-order valence-electron chi connectivity index (χ1n) is 4.73. The van der Waals surface area contributed by atoms with Crippen molar-refractivity contribution in [2.24, 2.45) is 5.73 Å². The Balaban J connectivity index is 2.86. The van der Waals surface area contributed by atoms with Gasteiger partial charge in [-0.05, 0) is 12.5 Å². The lowest BCUT2D eigenvalue weighted by Crippen LogP contribution is -2.20. The normalized spacial score (nSPS) is 14.4. The van der Waals surface area contributed by atoms with Gasteiger partial charge in [-0.25, -0.2) is 0 Å². The first-order valence-corrected chi connectivity index (χ1v) is 5.85. The van der Waals surface area contributed by atoms with Crippen molar-refractivity contribution < 1.29 is 15.0 Å². The number of alkyl halides is 1. The molecule has 1 aromatic heterocycles. The minimum absolute atomic E-state index is 0.211. The Morgan fingerprint density at radius 1 is 1.50 bits per heavy atom. The molecule has 0 aliphatic rings. The third kappa shape index (κ3) is 3.26. The fourth-order valence-corrected chi connectivity index (χ4v) is 1.72. The van der Waals surface area contributed by atoms with Crippen LogP contribution in [0.3, 0.4) is 0 Å². The van der Waals surface area contributed by atoms with Crippen LogP contribution in [0, 0.1) is 0 Å². The van der Waals surface area contributed by atoms with E-state index in [0.717, 1.165) is 0 Å². The monoisotopic (exact) mass is 288 g/mol. The highest BCUT2D eigenvalue weighted by molar-refractivity contribution is 9.09. The minimum atomic E-state index is -1.07. The second-order valence-electron chi connectivity index (χ2n) is 3.36. The zero-order valence-corrected chi connectivity index (χ0v) is 10.1. The second-order valence-corrected chi connectivity index (χ2v) is 4.15. The number of nitrogens with zero attached hydrogens (tertiary/aromatic N) is 1. The van der Waals surface area contributed by atoms with E-state index in [1.165, 1.54) is 18.5 Å². The van der Waals surface area contributed by atoms with Gasteiger partial charge in [0, 0.05) is 23.3 Å². The third-order valence-corrected chi connectivity index (χ3v) is 2.61. The Morgan fingerprint density at radius 3 is 2.75 bits per heavy atom. The van der Waals surface area contributed by atoms with E-state index in [1.807, 2.05) is 0 Å². The zero-order valence-electron chi connectivity index (χ0n) is 8.51. The Morgan fingerprint density at radius 2 is 2.19 bits per heavy atom. The van der Waals surface area contributed by atoms with Crippen molar-refractivity contribution in [3.8, 4) is 0 Å². The predicted octanol–water partition coefficient (Wildman–Crippen LogP) is 0.360. The molecule has 1 heterocycles. The van der Waals surface area contributed by atoms with Gasteiger partial charge in [-0.15, -0.1) is 0 Å². The maximum absolute atomic E-state index is 10.9. The largest absolute Gasteiger partial charge is 0.390 e. The first kappa shape index (κ1) is 13.1. The molecule has 4 N–H and O–H groups in total. The SMILES string of the molecule is NC(=O)c1cncc(C(O)C(O)CCBr)c1. The van der Waals surface area contributed by atoms with Gasteiger partial charge in [0.25, 0.3) is 0 Å². The number of pyridine rings is 1. The molecule has 2 unspecified atom stereocenters. The van der Waals surface area contributed by atoms with Crippen molar-refractivity contribution in [2.75, 3.05) is 5.33 Å². The molecular formula is C10H13BrN2O3. The van der Waals surface area contributed by atoms with Crippen molar-refractivity contribution in [1.29, 1.82) is 0 Å². The van der Waals surface area contributed by atoms with Crippen LogP contribution in [-0.4, -0.2) is 32.5 Å². The molecule has 0 saturated carbocycles. The Bertz CT molecular complexity index is 373. The van der Waals surface area contributed by atoms with Crippen LogP contribution >= 0.6 is 15.9 Å². The topological polar surface area (TPSA) is 96.4 Å². The van der Waals surface area contributed by atoms with Crippen LogP contribution in [0.5, 0.6) is 0 Å². The van der Waals surface area contributed by atoms with E-state index < -0.39 is 18.1 Å². The van der Waals surface area contributed by atoms with Crippen LogP contribution in [0.15, 0.2) is 18.5 Å². The van der Waals surface area contributed by atoms with E-state index in [0.29, 0.717) is 17.3 Å². The van der Waals surface area contributed by atoms with E-state index in [9.17, 15) is 15.0 Å². The van der Waals surface area contributed by atoms with Gasteiger partial charge < -0.3 is 15.9 Å². The molecule has 0 saturated heterocycles. The number of aliphatic hydroxyl groups is 2. The third-order valence-electron chi connectivity index (χ3n) is 2.15. The second kappa shape index (κ2) is 5.93. The fraction of sp³-hybridized carbons (Fsp3) is 0.400. The number of hydrogen-bond donors (Lipinski definition) is 3.